The molecule has 3 atom stereocenters. The summed E-state index contributed by atoms with van der Waals surface area (Å²) >= 11 is 5.67. The van der Waals surface area contributed by atoms with E-state index >= 15 is 0 Å². The highest BCUT2D eigenvalue weighted by molar-refractivity contribution is 9.10. The van der Waals surface area contributed by atoms with Gasteiger partial charge in [0.15, 0.2) is 0 Å². The van der Waals surface area contributed by atoms with E-state index in [9.17, 15) is 0 Å². The Bertz CT molecular complexity index is 423. The normalized spacial score (nSPS) is 26.0. The number of halogens is 1. The molecular formula is C18H28BrNS. The van der Waals surface area contributed by atoms with Crippen molar-refractivity contribution in [3.63, 3.8) is 0 Å². The summed E-state index contributed by atoms with van der Waals surface area (Å²) in [5.41, 5.74) is 0. The minimum atomic E-state index is 0.682. The zero-order chi connectivity index (χ0) is 15.1. The predicted molar refractivity (Wildman–Crippen MR) is 98.1 cm³/mol. The van der Waals surface area contributed by atoms with Gasteiger partial charge in [-0.3, -0.25) is 0 Å². The van der Waals surface area contributed by atoms with Gasteiger partial charge in [0.2, 0.25) is 0 Å². The molecule has 3 unspecified atom stereocenters. The lowest BCUT2D eigenvalue weighted by Gasteiger charge is -2.36. The monoisotopic (exact) mass is 369 g/mol. The summed E-state index contributed by atoms with van der Waals surface area (Å²) in [6.07, 6.45) is 8.07. The van der Waals surface area contributed by atoms with Gasteiger partial charge in [0.05, 0.1) is 0 Å². The van der Waals surface area contributed by atoms with Gasteiger partial charge in [-0.2, -0.15) is 0 Å². The van der Waals surface area contributed by atoms with Crippen LogP contribution in [0.5, 0.6) is 0 Å². The third kappa shape index (κ3) is 5.61. The second-order valence-corrected chi connectivity index (χ2v) is 8.37. The van der Waals surface area contributed by atoms with Gasteiger partial charge in [-0.25, -0.2) is 0 Å². The van der Waals surface area contributed by atoms with Crippen molar-refractivity contribution in [1.29, 1.82) is 0 Å². The molecule has 21 heavy (non-hydrogen) atoms. The fraction of sp³-hybridized carbons (Fsp3) is 0.667. The predicted octanol–water partition coefficient (Wildman–Crippen LogP) is 5.88. The van der Waals surface area contributed by atoms with Crippen molar-refractivity contribution < 1.29 is 0 Å². The van der Waals surface area contributed by atoms with E-state index in [1.54, 1.807) is 0 Å². The van der Waals surface area contributed by atoms with E-state index < -0.39 is 0 Å². The summed E-state index contributed by atoms with van der Waals surface area (Å²) in [4.78, 5) is 1.40. The van der Waals surface area contributed by atoms with Crippen LogP contribution in [0.25, 0.3) is 0 Å². The van der Waals surface area contributed by atoms with Gasteiger partial charge in [0.25, 0.3) is 0 Å². The minimum absolute atomic E-state index is 0.682. The van der Waals surface area contributed by atoms with E-state index in [1.807, 2.05) is 0 Å². The third-order valence-electron chi connectivity index (χ3n) is 4.34. The molecule has 0 bridgehead atoms. The molecule has 0 amide bonds. The van der Waals surface area contributed by atoms with Crippen LogP contribution in [-0.4, -0.2) is 17.8 Å². The van der Waals surface area contributed by atoms with E-state index in [-0.39, 0.29) is 0 Å². The Morgan fingerprint density at radius 2 is 2.10 bits per heavy atom. The Morgan fingerprint density at radius 3 is 2.81 bits per heavy atom. The first-order valence-electron chi connectivity index (χ1n) is 8.38. The third-order valence-corrected chi connectivity index (χ3v) is 6.18. The van der Waals surface area contributed by atoms with E-state index in [2.05, 4.69) is 71.1 Å². The molecule has 1 saturated carbocycles. The summed E-state index contributed by atoms with van der Waals surface area (Å²) in [5.74, 6) is 0.930. The van der Waals surface area contributed by atoms with E-state index in [0.29, 0.717) is 6.04 Å². The van der Waals surface area contributed by atoms with Crippen molar-refractivity contribution in [2.24, 2.45) is 5.92 Å². The van der Waals surface area contributed by atoms with Crippen LogP contribution < -0.4 is 5.32 Å². The van der Waals surface area contributed by atoms with Gasteiger partial charge in [0.1, 0.15) is 0 Å². The highest BCUT2D eigenvalue weighted by Crippen LogP contribution is 2.38. The Labute approximate surface area is 142 Å². The minimum Gasteiger partial charge on any atom is -0.313 e. The van der Waals surface area contributed by atoms with Crippen molar-refractivity contribution in [2.45, 2.75) is 68.6 Å². The molecule has 1 aliphatic rings. The maximum atomic E-state index is 3.79. The Hall–Kier alpha value is 0.01000. The summed E-state index contributed by atoms with van der Waals surface area (Å²) in [6.45, 7) is 5.72. The van der Waals surface area contributed by atoms with Crippen LogP contribution in [0.15, 0.2) is 33.6 Å². The Balaban J connectivity index is 2.01. The first-order chi connectivity index (χ1) is 10.2. The molecule has 1 aromatic carbocycles. The average Bonchev–Trinajstić information content (AvgIpc) is 2.47. The number of hydrogen-bond acceptors (Lipinski definition) is 2. The molecule has 0 saturated heterocycles. The van der Waals surface area contributed by atoms with E-state index in [1.165, 1.54) is 47.9 Å². The highest BCUT2D eigenvalue weighted by atomic mass is 79.9. The standard InChI is InChI=1S/C18H28BrNS/c1-3-6-14-9-10-17(20-11-4-2)18(12-14)21-16-8-5-7-15(19)13-16/h5,7-8,13-14,17-18,20H,3-4,6,9-12H2,1-2H3. The zero-order valence-corrected chi connectivity index (χ0v) is 15.7. The smallest absolute Gasteiger partial charge is 0.0251 e. The quantitative estimate of drug-likeness (QED) is 0.643. The van der Waals surface area contributed by atoms with Crippen LogP contribution >= 0.6 is 27.7 Å². The fourth-order valence-electron chi connectivity index (χ4n) is 3.29. The maximum absolute atomic E-state index is 3.79. The summed E-state index contributed by atoms with van der Waals surface area (Å²) in [6, 6.07) is 9.44. The fourth-order valence-corrected chi connectivity index (χ4v) is 5.31. The van der Waals surface area contributed by atoms with Crippen LogP contribution in [-0.2, 0) is 0 Å². The lowest BCUT2D eigenvalue weighted by Crippen LogP contribution is -2.42. The molecule has 0 heterocycles. The van der Waals surface area contributed by atoms with Gasteiger partial charge >= 0.3 is 0 Å². The number of benzene rings is 1. The molecule has 3 heteroatoms. The number of hydrogen-bond donors (Lipinski definition) is 1. The van der Waals surface area contributed by atoms with Gasteiger partial charge in [0, 0.05) is 20.7 Å². The van der Waals surface area contributed by atoms with Crippen molar-refractivity contribution >= 4 is 27.7 Å². The van der Waals surface area contributed by atoms with Crippen LogP contribution in [0.1, 0.15) is 52.4 Å². The molecule has 118 valence electrons. The molecule has 1 aromatic rings. The number of rotatable bonds is 7. The molecule has 1 nitrogen and oxygen atoms in total. The molecular weight excluding hydrogens is 342 g/mol. The number of thioether (sulfide) groups is 1. The van der Waals surface area contributed by atoms with Crippen LogP contribution in [0.4, 0.5) is 0 Å². The highest BCUT2D eigenvalue weighted by Gasteiger charge is 2.30. The Kier molecular flexibility index (Phi) is 7.62. The molecule has 0 aromatic heterocycles. The van der Waals surface area contributed by atoms with Gasteiger partial charge < -0.3 is 5.32 Å². The molecule has 2 rings (SSSR count). The van der Waals surface area contributed by atoms with Gasteiger partial charge in [-0.15, -0.1) is 11.8 Å². The Morgan fingerprint density at radius 1 is 1.24 bits per heavy atom. The van der Waals surface area contributed by atoms with Crippen molar-refractivity contribution in [2.75, 3.05) is 6.54 Å². The van der Waals surface area contributed by atoms with Gasteiger partial charge in [-0.05, 0) is 56.3 Å². The summed E-state index contributed by atoms with van der Waals surface area (Å²) in [5, 5.41) is 4.50. The van der Waals surface area contributed by atoms with Gasteiger partial charge in [-0.1, -0.05) is 48.7 Å². The largest absolute Gasteiger partial charge is 0.313 e. The van der Waals surface area contributed by atoms with Crippen LogP contribution in [0.2, 0.25) is 0 Å². The SMILES string of the molecule is CCCNC1CCC(CCC)CC1Sc1cccc(Br)c1. The van der Waals surface area contributed by atoms with Crippen molar-refractivity contribution in [3.8, 4) is 0 Å². The number of nitrogens with one attached hydrogen (secondary N) is 1. The van der Waals surface area contributed by atoms with E-state index in [0.717, 1.165) is 17.7 Å². The topological polar surface area (TPSA) is 12.0 Å². The molecule has 0 radical (unpaired) electrons. The lowest BCUT2D eigenvalue weighted by atomic mass is 9.83. The average molecular weight is 370 g/mol. The second-order valence-electron chi connectivity index (χ2n) is 6.14. The van der Waals surface area contributed by atoms with Crippen LogP contribution in [0.3, 0.4) is 0 Å². The summed E-state index contributed by atoms with van der Waals surface area (Å²) < 4.78 is 1.19. The molecule has 1 aliphatic carbocycles. The van der Waals surface area contributed by atoms with Crippen LogP contribution in [0, 0.1) is 5.92 Å². The maximum Gasteiger partial charge on any atom is 0.0251 e. The first kappa shape index (κ1) is 17.4. The second kappa shape index (κ2) is 9.22. The summed E-state index contributed by atoms with van der Waals surface area (Å²) in [7, 11) is 0. The first-order valence-corrected chi connectivity index (χ1v) is 10.1. The van der Waals surface area contributed by atoms with Crippen molar-refractivity contribution in [3.05, 3.63) is 28.7 Å². The van der Waals surface area contributed by atoms with Crippen molar-refractivity contribution in [1.82, 2.24) is 5.32 Å². The molecule has 1 fully saturated rings. The lowest BCUT2D eigenvalue weighted by molar-refractivity contribution is 0.287. The molecule has 0 aliphatic heterocycles. The molecule has 0 spiro atoms. The van der Waals surface area contributed by atoms with E-state index in [4.69, 9.17) is 0 Å². The zero-order valence-electron chi connectivity index (χ0n) is 13.3. The molecule has 1 N–H and O–H groups in total.